The Morgan fingerprint density at radius 3 is 2.37 bits per heavy atom. The Kier molecular flexibility index (Phi) is 7.70. The molecule has 0 amide bonds. The third kappa shape index (κ3) is 5.21. The van der Waals surface area contributed by atoms with Crippen LogP contribution in [0.15, 0.2) is 12.1 Å². The van der Waals surface area contributed by atoms with E-state index in [1.54, 1.807) is 6.07 Å². The number of hydrogen-bond acceptors (Lipinski definition) is 8. The van der Waals surface area contributed by atoms with Gasteiger partial charge in [0.2, 0.25) is 6.10 Å². The molecular weight excluding hydrogens is 530 g/mol. The van der Waals surface area contributed by atoms with Gasteiger partial charge in [0.15, 0.2) is 0 Å². The molecule has 1 saturated heterocycles. The summed E-state index contributed by atoms with van der Waals surface area (Å²) < 4.78 is 86.5. The lowest BCUT2D eigenvalue weighted by atomic mass is 9.78. The second-order valence-corrected chi connectivity index (χ2v) is 11.0. The van der Waals surface area contributed by atoms with Gasteiger partial charge < -0.3 is 14.2 Å². The smallest absolute Gasteiger partial charge is 0.426 e. The van der Waals surface area contributed by atoms with Crippen LogP contribution in [0.1, 0.15) is 33.5 Å². The number of carbonyl (C=O) groups excluding carboxylic acids is 3. The zero-order chi connectivity index (χ0) is 28.2. The summed E-state index contributed by atoms with van der Waals surface area (Å²) >= 11 is 0. The van der Waals surface area contributed by atoms with Crippen LogP contribution in [0.5, 0.6) is 0 Å². The topological polar surface area (TPSA) is 133 Å². The Morgan fingerprint density at radius 2 is 1.82 bits per heavy atom. The molecule has 6 radical (unpaired) electrons. The highest BCUT2D eigenvalue weighted by Crippen LogP contribution is 2.59. The van der Waals surface area contributed by atoms with Gasteiger partial charge >= 0.3 is 24.1 Å². The molecule has 198 valence electrons. The molecule has 1 heterocycles. The molecule has 9 nitrogen and oxygen atoms in total. The molecule has 3 fully saturated rings. The first-order valence-corrected chi connectivity index (χ1v) is 13.2. The van der Waals surface area contributed by atoms with E-state index in [4.69, 9.17) is 37.6 Å². The molecule has 1 aromatic rings. The van der Waals surface area contributed by atoms with Crippen molar-refractivity contribution in [3.8, 4) is 0 Å². The summed E-state index contributed by atoms with van der Waals surface area (Å²) in [6.07, 6.45) is -10.4. The molecule has 2 saturated carbocycles. The first-order valence-electron chi connectivity index (χ1n) is 11.6. The predicted octanol–water partition coefficient (Wildman–Crippen LogP) is 0.387. The van der Waals surface area contributed by atoms with Crippen molar-refractivity contribution in [2.24, 2.45) is 23.7 Å². The van der Waals surface area contributed by atoms with Crippen molar-refractivity contribution in [2.45, 2.75) is 49.9 Å². The third-order valence-corrected chi connectivity index (χ3v) is 8.05. The van der Waals surface area contributed by atoms with Gasteiger partial charge in [0.1, 0.15) is 18.0 Å². The van der Waals surface area contributed by atoms with Gasteiger partial charge in [-0.25, -0.2) is 4.79 Å². The SMILES string of the molecule is [B]Cc1cc(C[B])c(C[B])c(C(=O)OC2C3CC4C2OC(=O)C4C3C(=O)OC(CS(=O)(=O)O)C(F)(F)F)c1. The average molecular weight is 550 g/mol. The lowest BCUT2D eigenvalue weighted by Gasteiger charge is -2.31. The molecule has 0 spiro atoms. The summed E-state index contributed by atoms with van der Waals surface area (Å²) in [7, 11) is 12.1. The fourth-order valence-electron chi connectivity index (χ4n) is 5.78. The standard InChI is InChI=1S/C22H20B3F3O9S/c23-4-8-1-9(5-24)13(6-25)10(2-8)19(29)36-17-11-3-12-16(21(31)37-18(12)17)15(11)20(30)35-14(22(26,27)28)7-38(32,33)34/h1-2,11-12,14-18H,3-7H2,(H,32,33,34). The van der Waals surface area contributed by atoms with Gasteiger partial charge in [-0.05, 0) is 18.1 Å². The summed E-state index contributed by atoms with van der Waals surface area (Å²) in [4.78, 5) is 38.6. The summed E-state index contributed by atoms with van der Waals surface area (Å²) in [5.41, 5.74) is 1.58. The minimum absolute atomic E-state index is 0.0501. The zero-order valence-electron chi connectivity index (χ0n) is 19.7. The number of alkyl halides is 3. The van der Waals surface area contributed by atoms with Crippen LogP contribution in [-0.2, 0) is 52.9 Å². The molecule has 2 aliphatic carbocycles. The number of hydrogen-bond donors (Lipinski definition) is 1. The number of halogens is 3. The highest BCUT2D eigenvalue weighted by atomic mass is 32.2. The van der Waals surface area contributed by atoms with Crippen LogP contribution in [0.3, 0.4) is 0 Å². The average Bonchev–Trinajstić information content (AvgIpc) is 3.45. The normalized spacial score (nSPS) is 28.7. The number of carbonyl (C=O) groups is 3. The fraction of sp³-hybridized carbons (Fsp3) is 0.591. The van der Waals surface area contributed by atoms with E-state index in [1.807, 2.05) is 0 Å². The molecule has 38 heavy (non-hydrogen) atoms. The Bertz CT molecular complexity index is 1260. The maximum atomic E-state index is 13.3. The summed E-state index contributed by atoms with van der Waals surface area (Å²) in [5.74, 6) is -9.36. The second kappa shape index (κ2) is 10.3. The summed E-state index contributed by atoms with van der Waals surface area (Å²) in [5, 5.41) is 0. The van der Waals surface area contributed by atoms with Gasteiger partial charge in [0.05, 0.1) is 40.9 Å². The second-order valence-electron chi connectivity index (χ2n) is 9.50. The first kappa shape index (κ1) is 28.5. The Morgan fingerprint density at radius 1 is 1.13 bits per heavy atom. The Hall–Kier alpha value is -2.48. The molecule has 2 bridgehead atoms. The van der Waals surface area contributed by atoms with Crippen LogP contribution in [0, 0.1) is 23.7 Å². The molecule has 16 heteroatoms. The van der Waals surface area contributed by atoms with Crippen LogP contribution < -0.4 is 0 Å². The molecule has 7 unspecified atom stereocenters. The highest BCUT2D eigenvalue weighted by molar-refractivity contribution is 7.85. The zero-order valence-corrected chi connectivity index (χ0v) is 20.5. The summed E-state index contributed by atoms with van der Waals surface area (Å²) in [6, 6.07) is 3.16. The molecule has 3 aliphatic rings. The van der Waals surface area contributed by atoms with Crippen molar-refractivity contribution < 1.29 is 54.7 Å². The lowest BCUT2D eigenvalue weighted by molar-refractivity contribution is -0.219. The van der Waals surface area contributed by atoms with Gasteiger partial charge in [-0.3, -0.25) is 14.1 Å². The van der Waals surface area contributed by atoms with Crippen molar-refractivity contribution in [1.82, 2.24) is 0 Å². The molecule has 4 rings (SSSR count). The van der Waals surface area contributed by atoms with Gasteiger partial charge in [-0.1, -0.05) is 36.2 Å². The van der Waals surface area contributed by atoms with Crippen LogP contribution in [-0.4, -0.2) is 84.7 Å². The van der Waals surface area contributed by atoms with Crippen LogP contribution in [0.2, 0.25) is 0 Å². The molecule has 7 atom stereocenters. The van der Waals surface area contributed by atoms with Gasteiger partial charge in [0.25, 0.3) is 10.1 Å². The Balaban J connectivity index is 1.61. The van der Waals surface area contributed by atoms with E-state index < -0.39 is 81.9 Å². The van der Waals surface area contributed by atoms with Gasteiger partial charge in [0, 0.05) is 11.8 Å². The van der Waals surface area contributed by atoms with E-state index in [-0.39, 0.29) is 30.9 Å². The molecule has 0 aromatic heterocycles. The molecule has 1 N–H and O–H groups in total. The fourth-order valence-corrected chi connectivity index (χ4v) is 6.42. The van der Waals surface area contributed by atoms with E-state index in [0.29, 0.717) is 16.7 Å². The van der Waals surface area contributed by atoms with Gasteiger partial charge in [-0.15, -0.1) is 0 Å². The number of rotatable bonds is 9. The van der Waals surface area contributed by atoms with E-state index in [2.05, 4.69) is 4.74 Å². The predicted molar refractivity (Wildman–Crippen MR) is 125 cm³/mol. The van der Waals surface area contributed by atoms with Crippen molar-refractivity contribution in [1.29, 1.82) is 0 Å². The monoisotopic (exact) mass is 550 g/mol. The number of ether oxygens (including phenoxy) is 3. The first-order chi connectivity index (χ1) is 17.7. The summed E-state index contributed by atoms with van der Waals surface area (Å²) in [6.45, 7) is 0. The van der Waals surface area contributed by atoms with E-state index >= 15 is 0 Å². The molecular formula is C22H20B3F3O9S. The number of esters is 3. The van der Waals surface area contributed by atoms with Crippen molar-refractivity contribution in [2.75, 3.05) is 5.75 Å². The Labute approximate surface area is 220 Å². The van der Waals surface area contributed by atoms with Crippen LogP contribution >= 0.6 is 0 Å². The van der Waals surface area contributed by atoms with E-state index in [9.17, 15) is 36.0 Å². The van der Waals surface area contributed by atoms with Crippen LogP contribution in [0.4, 0.5) is 13.2 Å². The largest absolute Gasteiger partial charge is 0.458 e. The quantitative estimate of drug-likeness (QED) is 0.201. The van der Waals surface area contributed by atoms with Crippen molar-refractivity contribution >= 4 is 51.6 Å². The van der Waals surface area contributed by atoms with Crippen molar-refractivity contribution in [3.05, 3.63) is 34.4 Å². The van der Waals surface area contributed by atoms with E-state index in [0.717, 1.165) is 0 Å². The molecule has 1 aliphatic heterocycles. The minimum Gasteiger partial charge on any atom is -0.458 e. The van der Waals surface area contributed by atoms with E-state index in [1.165, 1.54) is 6.07 Å². The van der Waals surface area contributed by atoms with Gasteiger partial charge in [-0.2, -0.15) is 21.6 Å². The maximum Gasteiger partial charge on any atom is 0.426 e. The number of fused-ring (bicyclic) bond motifs is 1. The van der Waals surface area contributed by atoms with Crippen LogP contribution in [0.25, 0.3) is 0 Å². The highest BCUT2D eigenvalue weighted by Gasteiger charge is 2.70. The minimum atomic E-state index is -5.32. The lowest BCUT2D eigenvalue weighted by Crippen LogP contribution is -2.47. The molecule has 1 aromatic carbocycles. The third-order valence-electron chi connectivity index (χ3n) is 7.33. The number of benzene rings is 1. The maximum absolute atomic E-state index is 13.3. The van der Waals surface area contributed by atoms with Crippen molar-refractivity contribution in [3.63, 3.8) is 0 Å².